The molecule has 5 aromatic carbocycles. The number of hydrogen-bond acceptors (Lipinski definition) is 0. The molecule has 0 aliphatic rings. The minimum absolute atomic E-state index is 0. The van der Waals surface area contributed by atoms with Crippen molar-refractivity contribution in [3.63, 3.8) is 0 Å². The summed E-state index contributed by atoms with van der Waals surface area (Å²) >= 11 is 0. The van der Waals surface area contributed by atoms with Gasteiger partial charge in [-0.25, -0.2) is 0 Å². The van der Waals surface area contributed by atoms with E-state index in [1.807, 2.05) is 0 Å². The van der Waals surface area contributed by atoms with Crippen molar-refractivity contribution in [1.82, 2.24) is 9.13 Å². The molecule has 0 aliphatic heterocycles. The summed E-state index contributed by atoms with van der Waals surface area (Å²) in [5, 5.41) is 0. The molecule has 0 saturated heterocycles. The quantitative estimate of drug-likeness (QED) is 0.0831. The van der Waals surface area contributed by atoms with Gasteiger partial charge in [-0.15, -0.1) is 0 Å². The van der Waals surface area contributed by atoms with Crippen molar-refractivity contribution in [3.05, 3.63) is 167 Å². The van der Waals surface area contributed by atoms with Gasteiger partial charge in [0, 0.05) is 12.4 Å². The summed E-state index contributed by atoms with van der Waals surface area (Å²) < 4.78 is 8.72. The van der Waals surface area contributed by atoms with E-state index in [1.165, 1.54) is 55.9 Å². The normalized spacial score (nSPS) is 11.4. The minimum atomic E-state index is 0. The third-order valence-corrected chi connectivity index (χ3v) is 10.2. The first-order valence-corrected chi connectivity index (χ1v) is 19.6. The van der Waals surface area contributed by atoms with E-state index in [4.69, 9.17) is 0 Å². The van der Waals surface area contributed by atoms with E-state index in [-0.39, 0.29) is 17.1 Å². The third-order valence-electron chi connectivity index (χ3n) is 10.2. The predicted octanol–water partition coefficient (Wildman–Crippen LogP) is 12.0. The Balaban J connectivity index is 0.000000209. The molecule has 0 N–H and O–H groups in total. The number of hydrogen-bond donors (Lipinski definition) is 0. The number of aromatic nitrogens is 4. The first-order valence-electron chi connectivity index (χ1n) is 19.6. The summed E-state index contributed by atoms with van der Waals surface area (Å²) in [5.41, 5.74) is 17.7. The number of benzene rings is 5. The summed E-state index contributed by atoms with van der Waals surface area (Å²) in [6.45, 7) is 26.7. The molecule has 55 heavy (non-hydrogen) atoms. The average molecular weight is 779 g/mol. The maximum Gasteiger partial charge on any atom is 1.00 e. The van der Waals surface area contributed by atoms with Gasteiger partial charge in [0.05, 0.1) is 33.8 Å². The van der Waals surface area contributed by atoms with Gasteiger partial charge < -0.3 is 0 Å². The molecule has 0 spiro atoms. The molecule has 0 unspecified atom stereocenters. The molecule has 4 nitrogen and oxygen atoms in total. The standard InChI is InChI=1S/C27H36N2.C23H22N2.Cu/c1-18(2)22-11-9-12-23(19(3)4)26(22)28-15-16-29(17-28)27-24(20(5)6)13-10-14-25(27)21(7)8;1-16-9-17(2)12-20(11-16)24-15-25(23-8-6-5-7-22(23)24)21-13-18(3)10-19(4)14-21;/h9-16,18-21H,1-8H3;5-14H,1-4H3;/q;;+1. The smallest absolute Gasteiger partial charge is 0.298 e. The zero-order chi connectivity index (χ0) is 38.8. The van der Waals surface area contributed by atoms with E-state index in [0.717, 1.165) is 22.4 Å². The summed E-state index contributed by atoms with van der Waals surface area (Å²) in [6.07, 6.45) is 11.5. The van der Waals surface area contributed by atoms with E-state index in [0.29, 0.717) is 23.7 Å². The van der Waals surface area contributed by atoms with Gasteiger partial charge in [-0.1, -0.05) is 150 Å². The van der Waals surface area contributed by atoms with Crippen LogP contribution in [0.3, 0.4) is 0 Å². The third kappa shape index (κ3) is 8.90. The average Bonchev–Trinajstić information content (AvgIpc) is 3.76. The van der Waals surface area contributed by atoms with Crippen LogP contribution in [0.2, 0.25) is 0 Å². The molecule has 5 heteroatoms. The molecule has 0 bridgehead atoms. The number of rotatable bonds is 8. The molecule has 0 atom stereocenters. The number of para-hydroxylation sites is 4. The topological polar surface area (TPSA) is 17.6 Å². The molecule has 7 rings (SSSR count). The van der Waals surface area contributed by atoms with Crippen LogP contribution < -0.4 is 9.13 Å². The first-order chi connectivity index (χ1) is 25.7. The Bertz CT molecular complexity index is 2150. The van der Waals surface area contributed by atoms with Crippen molar-refractivity contribution in [2.24, 2.45) is 0 Å². The molecule has 0 radical (unpaired) electrons. The number of aryl methyl sites for hydroxylation is 4. The van der Waals surface area contributed by atoms with Crippen molar-refractivity contribution in [2.75, 3.05) is 0 Å². The molecule has 0 saturated carbocycles. The second-order valence-corrected chi connectivity index (χ2v) is 16.3. The van der Waals surface area contributed by atoms with E-state index < -0.39 is 0 Å². The van der Waals surface area contributed by atoms with E-state index >= 15 is 0 Å². The Morgan fingerprint density at radius 1 is 0.527 bits per heavy atom. The molecule has 2 aromatic heterocycles. The largest absolute Gasteiger partial charge is 1.00 e. The fourth-order valence-corrected chi connectivity index (χ4v) is 7.75. The summed E-state index contributed by atoms with van der Waals surface area (Å²) in [6, 6.07) is 35.1. The zero-order valence-electron chi connectivity index (χ0n) is 34.8. The summed E-state index contributed by atoms with van der Waals surface area (Å²) in [7, 11) is 0. The molecule has 0 fully saturated rings. The molecule has 0 amide bonds. The van der Waals surface area contributed by atoms with E-state index in [9.17, 15) is 0 Å². The fourth-order valence-electron chi connectivity index (χ4n) is 7.75. The molecule has 2 heterocycles. The van der Waals surface area contributed by atoms with Crippen LogP contribution in [0.15, 0.2) is 109 Å². The van der Waals surface area contributed by atoms with Gasteiger partial charge in [-0.3, -0.25) is 18.3 Å². The van der Waals surface area contributed by atoms with Gasteiger partial charge in [0.2, 0.25) is 0 Å². The van der Waals surface area contributed by atoms with Crippen LogP contribution in [-0.4, -0.2) is 9.13 Å². The van der Waals surface area contributed by atoms with Crippen LogP contribution in [0.1, 0.15) is 124 Å². The van der Waals surface area contributed by atoms with Crippen molar-refractivity contribution in [2.45, 2.75) is 107 Å². The van der Waals surface area contributed by atoms with Gasteiger partial charge in [0.25, 0.3) is 12.7 Å². The molecular weight excluding hydrogens is 720 g/mol. The zero-order valence-corrected chi connectivity index (χ0v) is 35.7. The maximum atomic E-state index is 3.66. The van der Waals surface area contributed by atoms with E-state index in [2.05, 4.69) is 223 Å². The second-order valence-electron chi connectivity index (χ2n) is 16.3. The minimum Gasteiger partial charge on any atom is -0.298 e. The Kier molecular flexibility index (Phi) is 13.1. The van der Waals surface area contributed by atoms with Gasteiger partial charge in [0.15, 0.2) is 0 Å². The fraction of sp³-hybridized carbons (Fsp3) is 0.320. The van der Waals surface area contributed by atoms with Crippen molar-refractivity contribution in [1.29, 1.82) is 0 Å². The van der Waals surface area contributed by atoms with Crippen molar-refractivity contribution in [3.8, 4) is 22.7 Å². The number of nitrogens with zero attached hydrogens (tertiary/aromatic N) is 4. The molecule has 7 aromatic rings. The Hall–Kier alpha value is -4.70. The van der Waals surface area contributed by atoms with Crippen LogP contribution in [0.25, 0.3) is 33.8 Å². The van der Waals surface area contributed by atoms with Gasteiger partial charge >= 0.3 is 17.1 Å². The number of fused-ring (bicyclic) bond motifs is 1. The van der Waals surface area contributed by atoms with Crippen molar-refractivity contribution >= 4 is 11.0 Å². The maximum absolute atomic E-state index is 3.66. The van der Waals surface area contributed by atoms with Crippen LogP contribution in [0.4, 0.5) is 0 Å². The van der Waals surface area contributed by atoms with Crippen LogP contribution in [-0.2, 0) is 17.1 Å². The van der Waals surface area contributed by atoms with Gasteiger partial charge in [-0.2, -0.15) is 0 Å². The van der Waals surface area contributed by atoms with Crippen LogP contribution in [0, 0.1) is 40.3 Å². The van der Waals surface area contributed by atoms with Gasteiger partial charge in [0.1, 0.15) is 0 Å². The summed E-state index contributed by atoms with van der Waals surface area (Å²) in [5.74, 6) is 1.84. The Labute approximate surface area is 341 Å². The molecule has 288 valence electrons. The monoisotopic (exact) mass is 777 g/mol. The Morgan fingerprint density at radius 3 is 1.51 bits per heavy atom. The number of imidazole rings is 2. The Morgan fingerprint density at radius 2 is 1.00 bits per heavy atom. The van der Waals surface area contributed by atoms with Crippen LogP contribution in [0.5, 0.6) is 0 Å². The van der Waals surface area contributed by atoms with Gasteiger partial charge in [-0.05, 0) is 97.9 Å². The molecular formula is C50H58CuN4+. The first kappa shape index (κ1) is 41.5. The second kappa shape index (κ2) is 17.4. The summed E-state index contributed by atoms with van der Waals surface area (Å²) in [4.78, 5) is 0. The van der Waals surface area contributed by atoms with Crippen LogP contribution >= 0.6 is 0 Å². The SMILES string of the molecule is CC(C)c1cccc(C(C)C)c1-n1[c-][n+](-c2c(C(C)C)cccc2C(C)C)cc1.Cc1cc(C)cc(-n2[c-][n+](-c3cc(C)cc(C)c3)c3ccccc32)c1.[Cu+]. The predicted molar refractivity (Wildman–Crippen MR) is 225 cm³/mol. The van der Waals surface area contributed by atoms with Crippen molar-refractivity contribution < 1.29 is 26.2 Å². The molecule has 0 aliphatic carbocycles. The van der Waals surface area contributed by atoms with E-state index in [1.54, 1.807) is 0 Å².